The second kappa shape index (κ2) is 5.23. The lowest BCUT2D eigenvalue weighted by Crippen LogP contribution is -2.33. The molecule has 1 unspecified atom stereocenters. The second-order valence-electron chi connectivity index (χ2n) is 4.01. The molecule has 1 N–H and O–H groups in total. The highest BCUT2D eigenvalue weighted by Crippen LogP contribution is 2.29. The lowest BCUT2D eigenvalue weighted by atomic mass is 9.80. The average Bonchev–Trinajstić information content (AvgIpc) is 2.29. The lowest BCUT2D eigenvalue weighted by molar-refractivity contribution is -0.143. The fraction of sp³-hybridized carbons (Fsp3) is 0.417. The van der Waals surface area contributed by atoms with E-state index in [1.807, 2.05) is 0 Å². The van der Waals surface area contributed by atoms with Crippen LogP contribution < -0.4 is 0 Å². The molecule has 0 radical (unpaired) electrons. The summed E-state index contributed by atoms with van der Waals surface area (Å²) < 4.78 is 30.7. The van der Waals surface area contributed by atoms with Gasteiger partial charge >= 0.3 is 5.97 Å². The number of hydrogen-bond acceptors (Lipinski definition) is 2. The third kappa shape index (κ3) is 2.79. The molecule has 1 aromatic rings. The predicted octanol–water partition coefficient (Wildman–Crippen LogP) is 2.34. The maximum Gasteiger partial charge on any atom is 0.313 e. The van der Waals surface area contributed by atoms with Gasteiger partial charge < -0.3 is 9.84 Å². The summed E-state index contributed by atoms with van der Waals surface area (Å²) in [5.41, 5.74) is -1.06. The van der Waals surface area contributed by atoms with Crippen LogP contribution >= 0.6 is 0 Å². The van der Waals surface area contributed by atoms with Crippen molar-refractivity contribution >= 4 is 5.97 Å². The minimum Gasteiger partial charge on any atom is -0.481 e. The molecule has 17 heavy (non-hydrogen) atoms. The maximum atomic E-state index is 13.1. The number of halogens is 2. The van der Waals surface area contributed by atoms with Crippen molar-refractivity contribution in [2.45, 2.75) is 18.8 Å². The molecule has 1 aromatic carbocycles. The first-order valence-electron chi connectivity index (χ1n) is 5.09. The Morgan fingerprint density at radius 2 is 2.06 bits per heavy atom. The molecule has 0 aliphatic carbocycles. The Morgan fingerprint density at radius 1 is 1.41 bits per heavy atom. The Labute approximate surface area is 98.0 Å². The van der Waals surface area contributed by atoms with Gasteiger partial charge in [-0.1, -0.05) is 6.07 Å². The molecule has 0 saturated heterocycles. The monoisotopic (exact) mass is 244 g/mol. The van der Waals surface area contributed by atoms with E-state index in [1.165, 1.54) is 20.1 Å². The second-order valence-corrected chi connectivity index (χ2v) is 4.01. The number of benzene rings is 1. The van der Waals surface area contributed by atoms with Gasteiger partial charge in [-0.25, -0.2) is 8.78 Å². The molecule has 0 aliphatic heterocycles. The van der Waals surface area contributed by atoms with Gasteiger partial charge in [0.15, 0.2) is 11.6 Å². The number of carboxylic acid groups (broad SMARTS) is 1. The molecule has 0 aromatic heterocycles. The first-order chi connectivity index (χ1) is 7.91. The standard InChI is InChI=1S/C12H14F2O3/c1-12(11(15)16,5-6-17-2)8-3-4-9(13)10(14)7-8/h3-4,7H,5-6H2,1-2H3,(H,15,16). The van der Waals surface area contributed by atoms with Crippen LogP contribution in [0.5, 0.6) is 0 Å². The van der Waals surface area contributed by atoms with Crippen LogP contribution in [0.2, 0.25) is 0 Å². The van der Waals surface area contributed by atoms with E-state index in [0.717, 1.165) is 12.1 Å². The Bertz CT molecular complexity index is 420. The van der Waals surface area contributed by atoms with Gasteiger partial charge in [0, 0.05) is 13.7 Å². The van der Waals surface area contributed by atoms with Crippen molar-refractivity contribution in [2.24, 2.45) is 0 Å². The van der Waals surface area contributed by atoms with E-state index < -0.39 is 23.0 Å². The topological polar surface area (TPSA) is 46.5 Å². The molecule has 0 amide bonds. The van der Waals surface area contributed by atoms with Crippen molar-refractivity contribution in [3.8, 4) is 0 Å². The number of carbonyl (C=O) groups is 1. The van der Waals surface area contributed by atoms with E-state index >= 15 is 0 Å². The number of methoxy groups -OCH3 is 1. The van der Waals surface area contributed by atoms with Crippen molar-refractivity contribution in [1.82, 2.24) is 0 Å². The molecule has 94 valence electrons. The number of ether oxygens (including phenoxy) is 1. The zero-order valence-electron chi connectivity index (χ0n) is 9.67. The largest absolute Gasteiger partial charge is 0.481 e. The first kappa shape index (κ1) is 13.6. The van der Waals surface area contributed by atoms with Gasteiger partial charge in [0.25, 0.3) is 0 Å². The van der Waals surface area contributed by atoms with Crippen LogP contribution in [0.25, 0.3) is 0 Å². The van der Waals surface area contributed by atoms with Crippen LogP contribution in [0, 0.1) is 11.6 Å². The molecule has 5 heteroatoms. The highest BCUT2D eigenvalue weighted by molar-refractivity contribution is 5.80. The van der Waals surface area contributed by atoms with Crippen molar-refractivity contribution in [3.05, 3.63) is 35.4 Å². The number of rotatable bonds is 5. The van der Waals surface area contributed by atoms with Gasteiger partial charge in [-0.15, -0.1) is 0 Å². The average molecular weight is 244 g/mol. The summed E-state index contributed by atoms with van der Waals surface area (Å²) in [6.45, 7) is 1.68. The third-order valence-electron chi connectivity index (χ3n) is 2.83. The minimum absolute atomic E-state index is 0.184. The quantitative estimate of drug-likeness (QED) is 0.864. The molecule has 1 atom stereocenters. The van der Waals surface area contributed by atoms with Crippen LogP contribution in [0.15, 0.2) is 18.2 Å². The normalized spacial score (nSPS) is 14.4. The van der Waals surface area contributed by atoms with E-state index in [2.05, 4.69) is 0 Å². The van der Waals surface area contributed by atoms with Gasteiger partial charge in [0.1, 0.15) is 0 Å². The summed E-state index contributed by atoms with van der Waals surface area (Å²) >= 11 is 0. The Morgan fingerprint density at radius 3 is 2.53 bits per heavy atom. The van der Waals surface area contributed by atoms with Gasteiger partial charge in [-0.2, -0.15) is 0 Å². The molecular weight excluding hydrogens is 230 g/mol. The van der Waals surface area contributed by atoms with Gasteiger partial charge in [0.2, 0.25) is 0 Å². The van der Waals surface area contributed by atoms with Crippen LogP contribution in [0.1, 0.15) is 18.9 Å². The molecule has 3 nitrogen and oxygen atoms in total. The zero-order chi connectivity index (χ0) is 13.1. The summed E-state index contributed by atoms with van der Waals surface area (Å²) in [6, 6.07) is 3.12. The fourth-order valence-electron chi connectivity index (χ4n) is 1.52. The number of hydrogen-bond donors (Lipinski definition) is 1. The van der Waals surface area contributed by atoms with Crippen LogP contribution in [0.4, 0.5) is 8.78 Å². The summed E-state index contributed by atoms with van der Waals surface area (Å²) in [5.74, 6) is -3.14. The van der Waals surface area contributed by atoms with E-state index in [9.17, 15) is 18.7 Å². The molecular formula is C12H14F2O3. The molecule has 0 aliphatic rings. The Hall–Kier alpha value is -1.49. The maximum absolute atomic E-state index is 13.1. The van der Waals surface area contributed by atoms with Gasteiger partial charge in [0.05, 0.1) is 5.41 Å². The SMILES string of the molecule is COCCC(C)(C(=O)O)c1ccc(F)c(F)c1. The summed E-state index contributed by atoms with van der Waals surface area (Å²) in [6.07, 6.45) is 0.184. The van der Waals surface area contributed by atoms with Crippen LogP contribution in [-0.4, -0.2) is 24.8 Å². The van der Waals surface area contributed by atoms with Gasteiger partial charge in [-0.3, -0.25) is 4.79 Å². The number of aliphatic carboxylic acids is 1. The van der Waals surface area contributed by atoms with Crippen molar-refractivity contribution in [2.75, 3.05) is 13.7 Å². The van der Waals surface area contributed by atoms with Crippen molar-refractivity contribution < 1.29 is 23.4 Å². The first-order valence-corrected chi connectivity index (χ1v) is 5.09. The van der Waals surface area contributed by atoms with E-state index in [0.29, 0.717) is 0 Å². The predicted molar refractivity (Wildman–Crippen MR) is 57.8 cm³/mol. The summed E-state index contributed by atoms with van der Waals surface area (Å²) in [7, 11) is 1.45. The summed E-state index contributed by atoms with van der Waals surface area (Å²) in [4.78, 5) is 11.3. The molecule has 1 rings (SSSR count). The minimum atomic E-state index is -1.29. The van der Waals surface area contributed by atoms with Crippen molar-refractivity contribution in [1.29, 1.82) is 0 Å². The highest BCUT2D eigenvalue weighted by Gasteiger charge is 2.35. The van der Waals surface area contributed by atoms with Crippen molar-refractivity contribution in [3.63, 3.8) is 0 Å². The Balaban J connectivity index is 3.13. The van der Waals surface area contributed by atoms with E-state index in [4.69, 9.17) is 4.74 Å². The molecule has 0 saturated carbocycles. The van der Waals surface area contributed by atoms with E-state index in [-0.39, 0.29) is 18.6 Å². The number of carboxylic acids is 1. The molecule has 0 heterocycles. The fourth-order valence-corrected chi connectivity index (χ4v) is 1.52. The summed E-state index contributed by atoms with van der Waals surface area (Å²) in [5, 5.41) is 9.20. The van der Waals surface area contributed by atoms with E-state index in [1.54, 1.807) is 0 Å². The zero-order valence-corrected chi connectivity index (χ0v) is 9.67. The molecule has 0 fully saturated rings. The van der Waals surface area contributed by atoms with Crippen LogP contribution in [-0.2, 0) is 14.9 Å². The van der Waals surface area contributed by atoms with Crippen LogP contribution in [0.3, 0.4) is 0 Å². The third-order valence-corrected chi connectivity index (χ3v) is 2.83. The smallest absolute Gasteiger partial charge is 0.313 e. The lowest BCUT2D eigenvalue weighted by Gasteiger charge is -2.25. The molecule has 0 bridgehead atoms. The Kier molecular flexibility index (Phi) is 4.17. The highest BCUT2D eigenvalue weighted by atomic mass is 19.2. The molecule has 0 spiro atoms. The van der Waals surface area contributed by atoms with Gasteiger partial charge in [-0.05, 0) is 31.0 Å².